The predicted molar refractivity (Wildman–Crippen MR) is 172 cm³/mol. The summed E-state index contributed by atoms with van der Waals surface area (Å²) in [5.74, 6) is -0.639. The van der Waals surface area contributed by atoms with E-state index < -0.39 is 5.82 Å². The Bertz CT molecular complexity index is 1740. The van der Waals surface area contributed by atoms with E-state index in [4.69, 9.17) is 21.7 Å². The SMILES string of the molecule is COc1cc2nccc(Oc3ccc(NC(=S)NC(=O)Cc4ccccc4)cc3F)c2cc1C(=O)NCCCN1CCCC1=O. The summed E-state index contributed by atoms with van der Waals surface area (Å²) in [6.07, 6.45) is 3.73. The molecule has 0 saturated carbocycles. The smallest absolute Gasteiger partial charge is 0.255 e. The van der Waals surface area contributed by atoms with Crippen LogP contribution in [-0.2, 0) is 16.0 Å². The second kappa shape index (κ2) is 14.6. The number of carbonyl (C=O) groups excluding carboxylic acids is 3. The van der Waals surface area contributed by atoms with Crippen LogP contribution in [0.4, 0.5) is 10.1 Å². The summed E-state index contributed by atoms with van der Waals surface area (Å²) < 4.78 is 26.5. The maximum atomic E-state index is 15.2. The van der Waals surface area contributed by atoms with E-state index in [1.54, 1.807) is 29.2 Å². The molecule has 232 valence electrons. The number of aromatic nitrogens is 1. The molecule has 0 atom stereocenters. The first-order valence-corrected chi connectivity index (χ1v) is 14.9. The molecule has 0 radical (unpaired) electrons. The van der Waals surface area contributed by atoms with Gasteiger partial charge in [0.25, 0.3) is 5.91 Å². The Labute approximate surface area is 264 Å². The van der Waals surface area contributed by atoms with Gasteiger partial charge in [0.1, 0.15) is 11.5 Å². The van der Waals surface area contributed by atoms with Crippen LogP contribution in [0.2, 0.25) is 0 Å². The molecule has 0 spiro atoms. The molecule has 45 heavy (non-hydrogen) atoms. The van der Waals surface area contributed by atoms with Gasteiger partial charge in [0.05, 0.1) is 24.6 Å². The highest BCUT2D eigenvalue weighted by atomic mass is 32.1. The first-order chi connectivity index (χ1) is 21.8. The lowest BCUT2D eigenvalue weighted by Crippen LogP contribution is -2.35. The number of likely N-dealkylation sites (tertiary alicyclic amines) is 1. The van der Waals surface area contributed by atoms with Gasteiger partial charge in [0, 0.05) is 55.5 Å². The number of methoxy groups -OCH3 is 1. The molecule has 1 fully saturated rings. The lowest BCUT2D eigenvalue weighted by atomic mass is 10.1. The Morgan fingerprint density at radius 3 is 2.60 bits per heavy atom. The fourth-order valence-electron chi connectivity index (χ4n) is 4.99. The van der Waals surface area contributed by atoms with Crippen molar-refractivity contribution in [3.05, 3.63) is 89.9 Å². The van der Waals surface area contributed by atoms with E-state index in [9.17, 15) is 14.4 Å². The minimum Gasteiger partial charge on any atom is -0.496 e. The van der Waals surface area contributed by atoms with Crippen LogP contribution in [-0.4, -0.2) is 59.5 Å². The fourth-order valence-corrected chi connectivity index (χ4v) is 5.22. The molecule has 3 N–H and O–H groups in total. The van der Waals surface area contributed by atoms with Gasteiger partial charge in [-0.1, -0.05) is 30.3 Å². The van der Waals surface area contributed by atoms with Gasteiger partial charge in [-0.3, -0.25) is 19.4 Å². The van der Waals surface area contributed by atoms with Crippen molar-refractivity contribution in [3.8, 4) is 17.2 Å². The summed E-state index contributed by atoms with van der Waals surface area (Å²) in [7, 11) is 1.46. The summed E-state index contributed by atoms with van der Waals surface area (Å²) in [5.41, 5.74) is 1.92. The Morgan fingerprint density at radius 1 is 1.04 bits per heavy atom. The number of carbonyl (C=O) groups is 3. The normalized spacial score (nSPS) is 12.6. The van der Waals surface area contributed by atoms with Crippen molar-refractivity contribution >= 4 is 51.6 Å². The van der Waals surface area contributed by atoms with Crippen molar-refractivity contribution in [1.29, 1.82) is 0 Å². The van der Waals surface area contributed by atoms with Crippen molar-refractivity contribution in [2.75, 3.05) is 32.1 Å². The van der Waals surface area contributed by atoms with E-state index in [1.165, 1.54) is 25.4 Å². The van der Waals surface area contributed by atoms with Crippen LogP contribution >= 0.6 is 12.2 Å². The lowest BCUT2D eigenvalue weighted by Gasteiger charge is -2.16. The van der Waals surface area contributed by atoms with Crippen molar-refractivity contribution in [2.45, 2.75) is 25.7 Å². The van der Waals surface area contributed by atoms with Crippen LogP contribution in [0, 0.1) is 5.82 Å². The molecule has 5 rings (SSSR count). The number of hydrogen-bond donors (Lipinski definition) is 3. The lowest BCUT2D eigenvalue weighted by molar-refractivity contribution is -0.127. The van der Waals surface area contributed by atoms with Crippen molar-refractivity contribution < 1.29 is 28.2 Å². The van der Waals surface area contributed by atoms with Gasteiger partial charge in [0.15, 0.2) is 16.7 Å². The molecule has 3 aromatic carbocycles. The Hall–Kier alpha value is -5.10. The van der Waals surface area contributed by atoms with Crippen LogP contribution in [0.1, 0.15) is 35.2 Å². The number of ether oxygens (including phenoxy) is 2. The number of nitrogens with one attached hydrogen (secondary N) is 3. The van der Waals surface area contributed by atoms with Crippen LogP contribution in [0.5, 0.6) is 17.2 Å². The first-order valence-electron chi connectivity index (χ1n) is 14.5. The molecule has 0 aliphatic carbocycles. The molecule has 1 aliphatic heterocycles. The zero-order valence-corrected chi connectivity index (χ0v) is 25.4. The maximum Gasteiger partial charge on any atom is 0.255 e. The highest BCUT2D eigenvalue weighted by Crippen LogP contribution is 2.34. The molecule has 4 aromatic rings. The summed E-state index contributed by atoms with van der Waals surface area (Å²) in [5, 5.41) is 8.79. The number of pyridine rings is 1. The Kier molecular flexibility index (Phi) is 10.2. The van der Waals surface area contributed by atoms with Crippen LogP contribution in [0.25, 0.3) is 10.9 Å². The van der Waals surface area contributed by atoms with Crippen LogP contribution in [0.3, 0.4) is 0 Å². The number of benzene rings is 3. The highest BCUT2D eigenvalue weighted by Gasteiger charge is 2.20. The highest BCUT2D eigenvalue weighted by molar-refractivity contribution is 7.80. The van der Waals surface area contributed by atoms with Gasteiger partial charge in [0.2, 0.25) is 11.8 Å². The second-order valence-electron chi connectivity index (χ2n) is 10.4. The predicted octanol–water partition coefficient (Wildman–Crippen LogP) is 4.97. The van der Waals surface area contributed by atoms with E-state index in [0.29, 0.717) is 48.3 Å². The third kappa shape index (κ3) is 8.09. The third-order valence-corrected chi connectivity index (χ3v) is 7.40. The molecule has 1 aliphatic rings. The second-order valence-corrected chi connectivity index (χ2v) is 10.8. The number of amides is 3. The molecular formula is C33H32FN5O5S. The number of halogens is 1. The fraction of sp³-hybridized carbons (Fsp3) is 0.242. The molecule has 10 nitrogen and oxygen atoms in total. The number of rotatable bonds is 11. The maximum absolute atomic E-state index is 15.2. The van der Waals surface area contributed by atoms with Gasteiger partial charge in [-0.15, -0.1) is 0 Å². The molecule has 12 heteroatoms. The van der Waals surface area contributed by atoms with Crippen molar-refractivity contribution in [1.82, 2.24) is 20.5 Å². The number of nitrogens with zero attached hydrogens (tertiary/aromatic N) is 2. The molecule has 2 heterocycles. The summed E-state index contributed by atoms with van der Waals surface area (Å²) in [6, 6.07) is 18.2. The van der Waals surface area contributed by atoms with Gasteiger partial charge < -0.3 is 30.3 Å². The minimum atomic E-state index is -0.675. The van der Waals surface area contributed by atoms with Gasteiger partial charge in [-0.25, -0.2) is 4.39 Å². The monoisotopic (exact) mass is 629 g/mol. The van der Waals surface area contributed by atoms with Gasteiger partial charge >= 0.3 is 0 Å². The largest absolute Gasteiger partial charge is 0.496 e. The standard InChI is InChI=1S/C33H32FN5O5S/c1-43-29-20-26-23(19-24(29)32(42)36-13-6-16-39-15-5-9-31(39)41)27(12-14-35-26)44-28-11-10-22(18-25(28)34)37-33(45)38-30(40)17-21-7-3-2-4-8-21/h2-4,7-8,10-12,14,18-20H,5-6,9,13,15-17H2,1H3,(H,36,42)(H2,37,38,40,45). The molecule has 3 amide bonds. The molecule has 0 bridgehead atoms. The number of hydrogen-bond acceptors (Lipinski definition) is 7. The van der Waals surface area contributed by atoms with Gasteiger partial charge in [-0.2, -0.15) is 0 Å². The quantitative estimate of drug-likeness (QED) is 0.157. The first kappa shape index (κ1) is 31.3. The van der Waals surface area contributed by atoms with E-state index in [-0.39, 0.29) is 46.3 Å². The average molecular weight is 630 g/mol. The third-order valence-electron chi connectivity index (χ3n) is 7.20. The van der Waals surface area contributed by atoms with Crippen LogP contribution < -0.4 is 25.4 Å². The summed E-state index contributed by atoms with van der Waals surface area (Å²) >= 11 is 5.22. The summed E-state index contributed by atoms with van der Waals surface area (Å²) in [4.78, 5) is 43.4. The summed E-state index contributed by atoms with van der Waals surface area (Å²) in [6.45, 7) is 1.72. The topological polar surface area (TPSA) is 122 Å². The zero-order valence-electron chi connectivity index (χ0n) is 24.6. The van der Waals surface area contributed by atoms with Crippen molar-refractivity contribution in [2.24, 2.45) is 0 Å². The van der Waals surface area contributed by atoms with Crippen LogP contribution in [0.15, 0.2) is 72.9 Å². The Morgan fingerprint density at radius 2 is 1.87 bits per heavy atom. The zero-order chi connectivity index (χ0) is 31.8. The molecule has 1 saturated heterocycles. The van der Waals surface area contributed by atoms with E-state index in [1.807, 2.05) is 30.3 Å². The van der Waals surface area contributed by atoms with Crippen molar-refractivity contribution in [3.63, 3.8) is 0 Å². The minimum absolute atomic E-state index is 0.0356. The van der Waals surface area contributed by atoms with Gasteiger partial charge in [-0.05, 0) is 54.9 Å². The molecular weight excluding hydrogens is 597 g/mol. The molecule has 1 aromatic heterocycles. The average Bonchev–Trinajstić information content (AvgIpc) is 3.44. The number of fused-ring (bicyclic) bond motifs is 1. The number of thiocarbonyl (C=S) groups is 1. The van der Waals surface area contributed by atoms with E-state index >= 15 is 4.39 Å². The van der Waals surface area contributed by atoms with E-state index in [2.05, 4.69) is 20.9 Å². The number of anilines is 1. The molecule has 0 unspecified atom stereocenters. The van der Waals surface area contributed by atoms with E-state index in [0.717, 1.165) is 18.5 Å². The Balaban J connectivity index is 1.24.